The standard InChI is InChI=1S/C22H24ClN5O3/c1-13-14(2)28-18-19(24-21(28)26(13)12-17-8-5-9-31-17)25(3)22(30)27(20(18)29)11-15-6-4-7-16(23)10-15/h4,6-7,10,17H,5,8-9,11-12H2,1-3H3/t17-/m0/s1. The van der Waals surface area contributed by atoms with Gasteiger partial charge in [-0.05, 0) is 44.4 Å². The first-order valence-electron chi connectivity index (χ1n) is 10.4. The largest absolute Gasteiger partial charge is 0.376 e. The zero-order valence-electron chi connectivity index (χ0n) is 17.8. The van der Waals surface area contributed by atoms with Crippen LogP contribution in [-0.4, -0.2) is 35.8 Å². The zero-order chi connectivity index (χ0) is 21.9. The Morgan fingerprint density at radius 2 is 2.00 bits per heavy atom. The fraction of sp³-hybridized carbons (Fsp3) is 0.409. The predicted octanol–water partition coefficient (Wildman–Crippen LogP) is 2.65. The van der Waals surface area contributed by atoms with Gasteiger partial charge < -0.3 is 9.30 Å². The van der Waals surface area contributed by atoms with Crippen molar-refractivity contribution in [2.24, 2.45) is 7.05 Å². The maximum absolute atomic E-state index is 13.5. The van der Waals surface area contributed by atoms with Gasteiger partial charge in [0.2, 0.25) is 5.78 Å². The smallest absolute Gasteiger partial charge is 0.332 e. The van der Waals surface area contributed by atoms with Gasteiger partial charge in [0.15, 0.2) is 11.2 Å². The molecule has 4 heterocycles. The van der Waals surface area contributed by atoms with Gasteiger partial charge in [-0.1, -0.05) is 23.7 Å². The van der Waals surface area contributed by atoms with Gasteiger partial charge in [0, 0.05) is 30.1 Å². The van der Waals surface area contributed by atoms with Crippen molar-refractivity contribution in [3.63, 3.8) is 0 Å². The molecule has 31 heavy (non-hydrogen) atoms. The second kappa shape index (κ2) is 7.39. The molecule has 0 spiro atoms. The summed E-state index contributed by atoms with van der Waals surface area (Å²) >= 11 is 6.09. The van der Waals surface area contributed by atoms with E-state index in [-0.39, 0.29) is 18.2 Å². The Morgan fingerprint density at radius 3 is 2.71 bits per heavy atom. The lowest BCUT2D eigenvalue weighted by Gasteiger charge is -2.12. The Morgan fingerprint density at radius 1 is 1.19 bits per heavy atom. The lowest BCUT2D eigenvalue weighted by Crippen LogP contribution is -2.39. The highest BCUT2D eigenvalue weighted by molar-refractivity contribution is 6.30. The Balaban J connectivity index is 1.74. The van der Waals surface area contributed by atoms with E-state index in [0.717, 1.165) is 36.4 Å². The normalized spacial score (nSPS) is 16.7. The van der Waals surface area contributed by atoms with Crippen molar-refractivity contribution in [2.75, 3.05) is 6.61 Å². The van der Waals surface area contributed by atoms with Gasteiger partial charge >= 0.3 is 5.69 Å². The molecule has 162 valence electrons. The quantitative estimate of drug-likeness (QED) is 0.488. The minimum Gasteiger partial charge on any atom is -0.376 e. The van der Waals surface area contributed by atoms with Gasteiger partial charge in [-0.15, -0.1) is 0 Å². The van der Waals surface area contributed by atoms with Crippen LogP contribution in [0.3, 0.4) is 0 Å². The third kappa shape index (κ3) is 3.13. The van der Waals surface area contributed by atoms with E-state index in [9.17, 15) is 9.59 Å². The van der Waals surface area contributed by atoms with Gasteiger partial charge in [0.25, 0.3) is 5.56 Å². The van der Waals surface area contributed by atoms with Crippen molar-refractivity contribution in [1.82, 2.24) is 23.1 Å². The Labute approximate surface area is 183 Å². The van der Waals surface area contributed by atoms with E-state index < -0.39 is 5.69 Å². The van der Waals surface area contributed by atoms with Crippen LogP contribution in [0.4, 0.5) is 0 Å². The first kappa shape index (κ1) is 20.1. The van der Waals surface area contributed by atoms with E-state index in [2.05, 4.69) is 4.57 Å². The molecule has 0 aliphatic carbocycles. The Kier molecular flexibility index (Phi) is 4.79. The highest BCUT2D eigenvalue weighted by atomic mass is 35.5. The minimum absolute atomic E-state index is 0.136. The third-order valence-corrected chi connectivity index (χ3v) is 6.50. The summed E-state index contributed by atoms with van der Waals surface area (Å²) in [5.74, 6) is 0.660. The molecular weight excluding hydrogens is 418 g/mol. The van der Waals surface area contributed by atoms with E-state index in [4.69, 9.17) is 21.3 Å². The Bertz CT molecular complexity index is 1440. The van der Waals surface area contributed by atoms with Gasteiger partial charge in [-0.25, -0.2) is 4.79 Å². The number of halogens is 1. The Hall–Kier alpha value is -2.84. The van der Waals surface area contributed by atoms with Crippen molar-refractivity contribution in [3.8, 4) is 0 Å². The van der Waals surface area contributed by atoms with Crippen LogP contribution in [0.15, 0.2) is 33.9 Å². The number of aryl methyl sites for hydroxylation is 2. The molecule has 0 saturated carbocycles. The number of fused-ring (bicyclic) bond motifs is 3. The van der Waals surface area contributed by atoms with Gasteiger partial charge in [0.05, 0.1) is 19.2 Å². The summed E-state index contributed by atoms with van der Waals surface area (Å²) in [4.78, 5) is 31.3. The number of rotatable bonds is 4. The fourth-order valence-electron chi connectivity index (χ4n) is 4.48. The first-order chi connectivity index (χ1) is 14.9. The lowest BCUT2D eigenvalue weighted by molar-refractivity contribution is 0.0974. The van der Waals surface area contributed by atoms with Crippen LogP contribution < -0.4 is 11.2 Å². The molecule has 5 rings (SSSR count). The topological polar surface area (TPSA) is 75.5 Å². The number of nitrogens with zero attached hydrogens (tertiary/aromatic N) is 5. The highest BCUT2D eigenvalue weighted by Crippen LogP contribution is 2.23. The molecule has 1 fully saturated rings. The molecule has 4 aromatic rings. The number of imidazole rings is 2. The molecule has 1 saturated heterocycles. The highest BCUT2D eigenvalue weighted by Gasteiger charge is 2.25. The maximum atomic E-state index is 13.5. The molecule has 8 nitrogen and oxygen atoms in total. The average Bonchev–Trinajstić information content (AvgIpc) is 3.44. The minimum atomic E-state index is -0.404. The van der Waals surface area contributed by atoms with Gasteiger partial charge in [-0.3, -0.25) is 18.3 Å². The number of hydrogen-bond donors (Lipinski definition) is 0. The summed E-state index contributed by atoms with van der Waals surface area (Å²) in [5, 5.41) is 0.563. The monoisotopic (exact) mass is 441 g/mol. The van der Waals surface area contributed by atoms with E-state index in [1.54, 1.807) is 25.2 Å². The fourth-order valence-corrected chi connectivity index (χ4v) is 4.70. The summed E-state index contributed by atoms with van der Waals surface area (Å²) in [6, 6.07) is 7.18. The number of benzene rings is 1. The van der Waals surface area contributed by atoms with Crippen molar-refractivity contribution >= 4 is 28.5 Å². The molecule has 3 aromatic heterocycles. The summed E-state index contributed by atoms with van der Waals surface area (Å²) in [5.41, 5.74) is 2.79. The van der Waals surface area contributed by atoms with Crippen LogP contribution in [0, 0.1) is 13.8 Å². The molecule has 1 aliphatic heterocycles. The lowest BCUT2D eigenvalue weighted by atomic mass is 10.2. The number of hydrogen-bond acceptors (Lipinski definition) is 4. The molecule has 0 bridgehead atoms. The molecule has 0 N–H and O–H groups in total. The second-order valence-corrected chi connectivity index (χ2v) is 8.64. The van der Waals surface area contributed by atoms with Crippen molar-refractivity contribution in [3.05, 3.63) is 67.1 Å². The molecule has 0 unspecified atom stereocenters. The first-order valence-corrected chi connectivity index (χ1v) is 10.8. The van der Waals surface area contributed by atoms with Crippen LogP contribution in [0.25, 0.3) is 16.9 Å². The van der Waals surface area contributed by atoms with Crippen molar-refractivity contribution < 1.29 is 4.74 Å². The molecule has 1 aliphatic rings. The molecule has 0 radical (unpaired) electrons. The van der Waals surface area contributed by atoms with Crippen LogP contribution in [-0.2, 0) is 24.9 Å². The molecule has 1 atom stereocenters. The predicted molar refractivity (Wildman–Crippen MR) is 119 cm³/mol. The maximum Gasteiger partial charge on any atom is 0.332 e. The number of aromatic nitrogens is 5. The van der Waals surface area contributed by atoms with Crippen LogP contribution in [0.1, 0.15) is 29.8 Å². The average molecular weight is 442 g/mol. The third-order valence-electron chi connectivity index (χ3n) is 6.27. The summed E-state index contributed by atoms with van der Waals surface area (Å²) in [6.45, 7) is 5.60. The summed E-state index contributed by atoms with van der Waals surface area (Å²) in [6.07, 6.45) is 2.20. The van der Waals surface area contributed by atoms with Gasteiger partial charge in [-0.2, -0.15) is 4.98 Å². The van der Waals surface area contributed by atoms with Gasteiger partial charge in [0.1, 0.15) is 0 Å². The summed E-state index contributed by atoms with van der Waals surface area (Å²) in [7, 11) is 1.65. The van der Waals surface area contributed by atoms with Crippen LogP contribution in [0.5, 0.6) is 0 Å². The molecule has 9 heteroatoms. The second-order valence-electron chi connectivity index (χ2n) is 8.20. The number of ether oxygens (including phenoxy) is 1. The van der Waals surface area contributed by atoms with E-state index in [1.807, 2.05) is 24.3 Å². The van der Waals surface area contributed by atoms with Crippen LogP contribution >= 0.6 is 11.6 Å². The van der Waals surface area contributed by atoms with Crippen molar-refractivity contribution in [2.45, 2.75) is 45.9 Å². The molecular formula is C22H24ClN5O3. The SMILES string of the molecule is Cc1c(C)n2c3c(=O)n(Cc4cccc(Cl)c4)c(=O)n(C)c3nc2n1C[C@@H]1CCCO1. The molecule has 0 amide bonds. The van der Waals surface area contributed by atoms with Crippen LogP contribution in [0.2, 0.25) is 5.02 Å². The van der Waals surface area contributed by atoms with Crippen molar-refractivity contribution in [1.29, 1.82) is 0 Å². The van der Waals surface area contributed by atoms with E-state index in [1.165, 1.54) is 9.13 Å². The van der Waals surface area contributed by atoms with E-state index in [0.29, 0.717) is 28.5 Å². The van der Waals surface area contributed by atoms with E-state index >= 15 is 0 Å². The zero-order valence-corrected chi connectivity index (χ0v) is 18.5. The summed E-state index contributed by atoms with van der Waals surface area (Å²) < 4.78 is 12.5. The molecule has 1 aromatic carbocycles.